The third-order valence-electron chi connectivity index (χ3n) is 2.17. The predicted molar refractivity (Wildman–Crippen MR) is 63.0 cm³/mol. The van der Waals surface area contributed by atoms with E-state index in [1.807, 2.05) is 12.1 Å². The second kappa shape index (κ2) is 4.94. The third kappa shape index (κ3) is 2.70. The number of aromatic nitrogens is 1. The van der Waals surface area contributed by atoms with Gasteiger partial charge in [0.15, 0.2) is 0 Å². The van der Waals surface area contributed by atoms with Crippen molar-refractivity contribution in [2.45, 2.75) is 6.54 Å². The average molecular weight is 237 g/mol. The van der Waals surface area contributed by atoms with Crippen LogP contribution in [-0.4, -0.2) is 4.98 Å². The van der Waals surface area contributed by atoms with Gasteiger partial charge in [-0.15, -0.1) is 0 Å². The van der Waals surface area contributed by atoms with Crippen LogP contribution >= 0.6 is 11.6 Å². The summed E-state index contributed by atoms with van der Waals surface area (Å²) in [5.74, 6) is -0.415. The Morgan fingerprint density at radius 3 is 2.62 bits per heavy atom. The number of pyridine rings is 1. The molecule has 82 valence electrons. The molecule has 0 bridgehead atoms. The molecule has 2 nitrogen and oxygen atoms in total. The van der Waals surface area contributed by atoms with Crippen LogP contribution in [-0.2, 0) is 6.54 Å². The van der Waals surface area contributed by atoms with Crippen molar-refractivity contribution in [1.82, 2.24) is 4.98 Å². The second-order valence-corrected chi connectivity index (χ2v) is 3.75. The fraction of sp³-hybridized carbons (Fsp3) is 0.0833. The molecule has 0 radical (unpaired) electrons. The first-order valence-electron chi connectivity index (χ1n) is 4.83. The smallest absolute Gasteiger partial charge is 0.143 e. The van der Waals surface area contributed by atoms with Gasteiger partial charge >= 0.3 is 0 Å². The van der Waals surface area contributed by atoms with Gasteiger partial charge in [0.25, 0.3) is 0 Å². The van der Waals surface area contributed by atoms with Crippen molar-refractivity contribution in [1.29, 1.82) is 0 Å². The van der Waals surface area contributed by atoms with Crippen molar-refractivity contribution in [2.75, 3.05) is 5.32 Å². The molecule has 0 saturated heterocycles. The number of anilines is 1. The molecular weight excluding hydrogens is 227 g/mol. The Bertz CT molecular complexity index is 474. The Morgan fingerprint density at radius 2 is 1.94 bits per heavy atom. The third-order valence-corrected chi connectivity index (χ3v) is 2.47. The molecule has 0 fully saturated rings. The van der Waals surface area contributed by atoms with Crippen LogP contribution in [0.1, 0.15) is 5.56 Å². The Morgan fingerprint density at radius 1 is 1.19 bits per heavy atom. The lowest BCUT2D eigenvalue weighted by Gasteiger charge is -2.06. The molecule has 0 amide bonds. The summed E-state index contributed by atoms with van der Waals surface area (Å²) < 4.78 is 13.1. The molecule has 0 atom stereocenters. The van der Waals surface area contributed by atoms with Crippen LogP contribution in [0.15, 0.2) is 42.7 Å². The molecule has 1 aromatic carbocycles. The molecule has 1 aromatic heterocycles. The normalized spacial score (nSPS) is 10.1. The van der Waals surface area contributed by atoms with Gasteiger partial charge in [0.1, 0.15) is 5.82 Å². The van der Waals surface area contributed by atoms with Gasteiger partial charge in [0.2, 0.25) is 0 Å². The zero-order valence-corrected chi connectivity index (χ0v) is 9.21. The molecule has 1 heterocycles. The topological polar surface area (TPSA) is 24.9 Å². The fourth-order valence-electron chi connectivity index (χ4n) is 1.31. The van der Waals surface area contributed by atoms with Crippen LogP contribution in [0.2, 0.25) is 5.02 Å². The highest BCUT2D eigenvalue weighted by Gasteiger charge is 2.00. The predicted octanol–water partition coefficient (Wildman–Crippen LogP) is 3.49. The van der Waals surface area contributed by atoms with Crippen LogP contribution in [0.3, 0.4) is 0 Å². The van der Waals surface area contributed by atoms with E-state index in [2.05, 4.69) is 10.3 Å². The van der Waals surface area contributed by atoms with E-state index in [1.165, 1.54) is 12.1 Å². The number of hydrogen-bond acceptors (Lipinski definition) is 2. The second-order valence-electron chi connectivity index (χ2n) is 3.34. The average Bonchev–Trinajstić information content (AvgIpc) is 2.32. The first-order valence-corrected chi connectivity index (χ1v) is 5.21. The monoisotopic (exact) mass is 236 g/mol. The largest absolute Gasteiger partial charge is 0.381 e. The number of hydrogen-bond donors (Lipinski definition) is 1. The number of nitrogens with zero attached hydrogens (tertiary/aromatic N) is 1. The maximum absolute atomic E-state index is 13.1. The van der Waals surface area contributed by atoms with Crippen molar-refractivity contribution in [3.05, 3.63) is 59.1 Å². The van der Waals surface area contributed by atoms with Crippen molar-refractivity contribution < 1.29 is 4.39 Å². The molecule has 2 aromatic rings. The van der Waals surface area contributed by atoms with Gasteiger partial charge in [-0.2, -0.15) is 0 Å². The number of nitrogens with one attached hydrogen (secondary N) is 1. The zero-order chi connectivity index (χ0) is 11.4. The molecule has 2 rings (SSSR count). The first-order chi connectivity index (χ1) is 7.75. The highest BCUT2D eigenvalue weighted by atomic mass is 35.5. The first kappa shape index (κ1) is 10.9. The number of halogens is 2. The lowest BCUT2D eigenvalue weighted by atomic mass is 10.2. The molecule has 0 saturated carbocycles. The molecule has 0 aliphatic heterocycles. The van der Waals surface area contributed by atoms with E-state index in [1.54, 1.807) is 18.5 Å². The lowest BCUT2D eigenvalue weighted by molar-refractivity contribution is 0.628. The zero-order valence-electron chi connectivity index (χ0n) is 8.45. The van der Waals surface area contributed by atoms with Gasteiger partial charge in [-0.25, -0.2) is 4.39 Å². The SMILES string of the molecule is Fc1cc(NCc2ccncc2)ccc1Cl. The number of benzene rings is 1. The fourth-order valence-corrected chi connectivity index (χ4v) is 1.43. The van der Waals surface area contributed by atoms with Crippen LogP contribution < -0.4 is 5.32 Å². The Balaban J connectivity index is 2.03. The summed E-state index contributed by atoms with van der Waals surface area (Å²) >= 11 is 5.59. The minimum absolute atomic E-state index is 0.134. The Hall–Kier alpha value is -1.61. The highest BCUT2D eigenvalue weighted by Crippen LogP contribution is 2.19. The molecule has 0 aliphatic rings. The van der Waals surface area contributed by atoms with Crippen LogP contribution in [0, 0.1) is 5.82 Å². The van der Waals surface area contributed by atoms with Gasteiger partial charge in [-0.1, -0.05) is 11.6 Å². The van der Waals surface area contributed by atoms with Crippen LogP contribution in [0.4, 0.5) is 10.1 Å². The van der Waals surface area contributed by atoms with E-state index in [4.69, 9.17) is 11.6 Å². The molecule has 16 heavy (non-hydrogen) atoms. The van der Waals surface area contributed by atoms with Crippen molar-refractivity contribution in [3.8, 4) is 0 Å². The summed E-state index contributed by atoms with van der Waals surface area (Å²) in [6.07, 6.45) is 3.44. The Labute approximate surface area is 98.1 Å². The van der Waals surface area contributed by atoms with Crippen molar-refractivity contribution >= 4 is 17.3 Å². The minimum atomic E-state index is -0.415. The highest BCUT2D eigenvalue weighted by molar-refractivity contribution is 6.30. The number of rotatable bonds is 3. The van der Waals surface area contributed by atoms with Gasteiger partial charge in [0, 0.05) is 24.6 Å². The van der Waals surface area contributed by atoms with Crippen LogP contribution in [0.25, 0.3) is 0 Å². The van der Waals surface area contributed by atoms with Crippen LogP contribution in [0.5, 0.6) is 0 Å². The van der Waals surface area contributed by atoms with E-state index in [-0.39, 0.29) is 5.02 Å². The minimum Gasteiger partial charge on any atom is -0.381 e. The maximum atomic E-state index is 13.1. The van der Waals surface area contributed by atoms with E-state index in [9.17, 15) is 4.39 Å². The summed E-state index contributed by atoms with van der Waals surface area (Å²) in [6.45, 7) is 0.629. The maximum Gasteiger partial charge on any atom is 0.143 e. The summed E-state index contributed by atoms with van der Waals surface area (Å²) in [5.41, 5.74) is 1.80. The van der Waals surface area contributed by atoms with E-state index >= 15 is 0 Å². The van der Waals surface area contributed by atoms with Gasteiger partial charge in [-0.05, 0) is 35.9 Å². The lowest BCUT2D eigenvalue weighted by Crippen LogP contribution is -1.99. The van der Waals surface area contributed by atoms with E-state index in [0.29, 0.717) is 12.2 Å². The molecule has 4 heteroatoms. The van der Waals surface area contributed by atoms with Crippen molar-refractivity contribution in [3.63, 3.8) is 0 Å². The summed E-state index contributed by atoms with van der Waals surface area (Å²) in [7, 11) is 0. The van der Waals surface area contributed by atoms with Gasteiger partial charge < -0.3 is 5.32 Å². The van der Waals surface area contributed by atoms with Gasteiger partial charge in [-0.3, -0.25) is 4.98 Å². The molecule has 0 unspecified atom stereocenters. The van der Waals surface area contributed by atoms with E-state index in [0.717, 1.165) is 5.56 Å². The Kier molecular flexibility index (Phi) is 3.37. The molecule has 0 spiro atoms. The van der Waals surface area contributed by atoms with Gasteiger partial charge in [0.05, 0.1) is 5.02 Å². The standard InChI is InChI=1S/C12H10ClFN2/c13-11-2-1-10(7-12(11)14)16-8-9-3-5-15-6-4-9/h1-7,16H,8H2. The summed E-state index contributed by atoms with van der Waals surface area (Å²) in [4.78, 5) is 3.92. The van der Waals surface area contributed by atoms with E-state index < -0.39 is 5.82 Å². The molecule has 1 N–H and O–H groups in total. The molecular formula is C12H10ClFN2. The molecule has 0 aliphatic carbocycles. The van der Waals surface area contributed by atoms with Crippen molar-refractivity contribution in [2.24, 2.45) is 0 Å². The summed E-state index contributed by atoms with van der Waals surface area (Å²) in [6, 6.07) is 8.46. The quantitative estimate of drug-likeness (QED) is 0.883. The summed E-state index contributed by atoms with van der Waals surface area (Å²) in [5, 5.41) is 3.24.